The van der Waals surface area contributed by atoms with Crippen molar-refractivity contribution in [3.63, 3.8) is 0 Å². The number of hydrogen-bond acceptors (Lipinski definition) is 5. The molecule has 11 heavy (non-hydrogen) atoms. The van der Waals surface area contributed by atoms with Crippen LogP contribution in [0.1, 0.15) is 6.92 Å². The second kappa shape index (κ2) is 3.16. The zero-order valence-electron chi connectivity index (χ0n) is 6.15. The third-order valence-corrected chi connectivity index (χ3v) is 1.04. The van der Waals surface area contributed by atoms with Gasteiger partial charge in [0.15, 0.2) is 5.82 Å². The van der Waals surface area contributed by atoms with Crippen molar-refractivity contribution in [2.75, 3.05) is 11.1 Å². The summed E-state index contributed by atoms with van der Waals surface area (Å²) in [4.78, 5) is 0. The van der Waals surface area contributed by atoms with Gasteiger partial charge in [-0.3, -0.25) is 0 Å². The molecule has 1 aromatic rings. The van der Waals surface area contributed by atoms with Gasteiger partial charge >= 0.3 is 0 Å². The van der Waals surface area contributed by atoms with Crippen LogP contribution in [0.4, 0.5) is 11.6 Å². The number of hydrogen-bond donors (Lipinski definition) is 3. The molecule has 0 aromatic carbocycles. The average Bonchev–Trinajstić information content (AvgIpc) is 1.93. The number of nitrogens with zero attached hydrogens (tertiary/aromatic N) is 2. The first kappa shape index (κ1) is 7.74. The topological polar surface area (TPSA) is 84.1 Å². The van der Waals surface area contributed by atoms with Crippen molar-refractivity contribution in [1.82, 2.24) is 10.2 Å². The van der Waals surface area contributed by atoms with E-state index in [-0.39, 0.29) is 0 Å². The summed E-state index contributed by atoms with van der Waals surface area (Å²) in [5.41, 5.74) is 5.29. The quantitative estimate of drug-likeness (QED) is 0.514. The Labute approximate surface area is 64.3 Å². The van der Waals surface area contributed by atoms with Gasteiger partial charge in [-0.15, -0.1) is 10.2 Å². The van der Waals surface area contributed by atoms with Crippen LogP contribution < -0.4 is 11.1 Å². The Balaban J connectivity index is 2.66. The van der Waals surface area contributed by atoms with Crippen molar-refractivity contribution < 1.29 is 5.11 Å². The Kier molecular flexibility index (Phi) is 2.22. The highest BCUT2D eigenvalue weighted by Gasteiger charge is 1.96. The van der Waals surface area contributed by atoms with E-state index in [1.807, 2.05) is 0 Å². The maximum absolute atomic E-state index is 8.86. The van der Waals surface area contributed by atoms with Crippen LogP contribution in [-0.4, -0.2) is 21.5 Å². The first-order chi connectivity index (χ1) is 5.18. The number of aromatic nitrogens is 2. The van der Waals surface area contributed by atoms with E-state index < -0.39 is 6.23 Å². The lowest BCUT2D eigenvalue weighted by Gasteiger charge is -2.05. The van der Waals surface area contributed by atoms with Crippen LogP contribution >= 0.6 is 0 Å². The largest absolute Gasteiger partial charge is 0.382 e. The van der Waals surface area contributed by atoms with Crippen molar-refractivity contribution in [3.05, 3.63) is 12.1 Å². The van der Waals surface area contributed by atoms with Gasteiger partial charge in [0.2, 0.25) is 0 Å². The molecule has 0 fully saturated rings. The molecule has 0 bridgehead atoms. The Morgan fingerprint density at radius 1 is 1.55 bits per heavy atom. The Hall–Kier alpha value is -1.36. The molecule has 0 aliphatic heterocycles. The predicted molar refractivity (Wildman–Crippen MR) is 41.7 cm³/mol. The molecule has 60 valence electrons. The zero-order chi connectivity index (χ0) is 8.27. The van der Waals surface area contributed by atoms with E-state index >= 15 is 0 Å². The molecule has 1 heterocycles. The summed E-state index contributed by atoms with van der Waals surface area (Å²) in [7, 11) is 0. The number of aliphatic hydroxyl groups excluding tert-OH is 1. The van der Waals surface area contributed by atoms with Crippen LogP contribution in [0.2, 0.25) is 0 Å². The van der Waals surface area contributed by atoms with Gasteiger partial charge in [-0.05, 0) is 19.1 Å². The molecule has 1 unspecified atom stereocenters. The zero-order valence-corrected chi connectivity index (χ0v) is 6.15. The molecule has 4 N–H and O–H groups in total. The highest BCUT2D eigenvalue weighted by molar-refractivity contribution is 5.38. The molecule has 0 radical (unpaired) electrons. The summed E-state index contributed by atoms with van der Waals surface area (Å²) >= 11 is 0. The first-order valence-corrected chi connectivity index (χ1v) is 3.22. The summed E-state index contributed by atoms with van der Waals surface area (Å²) in [6, 6.07) is 3.26. The van der Waals surface area contributed by atoms with E-state index in [1.54, 1.807) is 19.1 Å². The van der Waals surface area contributed by atoms with Crippen LogP contribution in [0.15, 0.2) is 12.1 Å². The van der Waals surface area contributed by atoms with Crippen molar-refractivity contribution in [1.29, 1.82) is 0 Å². The van der Waals surface area contributed by atoms with E-state index in [0.717, 1.165) is 0 Å². The lowest BCUT2D eigenvalue weighted by molar-refractivity contribution is 0.224. The molecular formula is C6H10N4O. The summed E-state index contributed by atoms with van der Waals surface area (Å²) in [6.45, 7) is 1.60. The predicted octanol–water partition coefficient (Wildman–Crippen LogP) is -0.191. The van der Waals surface area contributed by atoms with Gasteiger partial charge in [-0.2, -0.15) is 0 Å². The molecule has 0 amide bonds. The molecule has 0 aliphatic rings. The number of nitrogens with one attached hydrogen (secondary N) is 1. The van der Waals surface area contributed by atoms with E-state index in [2.05, 4.69) is 15.5 Å². The maximum Gasteiger partial charge on any atom is 0.150 e. The van der Waals surface area contributed by atoms with Crippen LogP contribution in [0.5, 0.6) is 0 Å². The maximum atomic E-state index is 8.86. The van der Waals surface area contributed by atoms with Crippen molar-refractivity contribution >= 4 is 11.6 Å². The second-order valence-electron chi connectivity index (χ2n) is 2.16. The minimum atomic E-state index is -0.632. The number of anilines is 2. The first-order valence-electron chi connectivity index (χ1n) is 3.22. The van der Waals surface area contributed by atoms with Crippen molar-refractivity contribution in [3.8, 4) is 0 Å². The number of nitrogens with two attached hydrogens (primary N) is 1. The summed E-state index contributed by atoms with van der Waals surface area (Å²) in [6.07, 6.45) is -0.632. The third-order valence-electron chi connectivity index (χ3n) is 1.04. The highest BCUT2D eigenvalue weighted by Crippen LogP contribution is 2.02. The molecule has 5 heteroatoms. The van der Waals surface area contributed by atoms with Gasteiger partial charge in [0.05, 0.1) is 0 Å². The minimum absolute atomic E-state index is 0.362. The van der Waals surface area contributed by atoms with Gasteiger partial charge in [0, 0.05) is 0 Å². The lowest BCUT2D eigenvalue weighted by Crippen LogP contribution is -2.14. The standard InChI is InChI=1S/C6H10N4O/c1-4(11)8-6-3-2-5(7)9-10-6/h2-4,11H,1H3,(H2,7,9)(H,8,10). The molecule has 0 aliphatic carbocycles. The Morgan fingerprint density at radius 3 is 2.73 bits per heavy atom. The van der Waals surface area contributed by atoms with Gasteiger partial charge in [-0.25, -0.2) is 0 Å². The molecule has 1 aromatic heterocycles. The normalized spacial score (nSPS) is 12.5. The molecule has 0 spiro atoms. The fourth-order valence-electron chi connectivity index (χ4n) is 0.634. The monoisotopic (exact) mass is 154 g/mol. The van der Waals surface area contributed by atoms with E-state index in [0.29, 0.717) is 11.6 Å². The van der Waals surface area contributed by atoms with Gasteiger partial charge < -0.3 is 16.2 Å². The number of rotatable bonds is 2. The summed E-state index contributed by atoms with van der Waals surface area (Å²) in [5.74, 6) is 0.871. The van der Waals surface area contributed by atoms with Crippen molar-refractivity contribution in [2.24, 2.45) is 0 Å². The van der Waals surface area contributed by atoms with Crippen LogP contribution in [0.25, 0.3) is 0 Å². The SMILES string of the molecule is CC(O)Nc1ccc(N)nn1. The highest BCUT2D eigenvalue weighted by atomic mass is 16.3. The molecule has 1 atom stereocenters. The van der Waals surface area contributed by atoms with Gasteiger partial charge in [0.1, 0.15) is 12.0 Å². The summed E-state index contributed by atoms with van der Waals surface area (Å²) in [5, 5.41) is 18.8. The molecular weight excluding hydrogens is 144 g/mol. The minimum Gasteiger partial charge on any atom is -0.382 e. The molecule has 5 nitrogen and oxygen atoms in total. The van der Waals surface area contributed by atoms with Crippen molar-refractivity contribution in [2.45, 2.75) is 13.2 Å². The van der Waals surface area contributed by atoms with Crippen LogP contribution in [0.3, 0.4) is 0 Å². The third kappa shape index (κ3) is 2.38. The molecule has 0 saturated heterocycles. The Bertz CT molecular complexity index is 221. The van der Waals surface area contributed by atoms with Gasteiger partial charge in [0.25, 0.3) is 0 Å². The van der Waals surface area contributed by atoms with Gasteiger partial charge in [-0.1, -0.05) is 0 Å². The number of nitrogen functional groups attached to an aromatic ring is 1. The fraction of sp³-hybridized carbons (Fsp3) is 0.333. The van der Waals surface area contributed by atoms with E-state index in [4.69, 9.17) is 10.8 Å². The van der Waals surface area contributed by atoms with E-state index in [9.17, 15) is 0 Å². The molecule has 0 saturated carbocycles. The molecule has 1 rings (SSSR count). The smallest absolute Gasteiger partial charge is 0.150 e. The lowest BCUT2D eigenvalue weighted by atomic mass is 10.5. The number of aliphatic hydroxyl groups is 1. The fourth-order valence-corrected chi connectivity index (χ4v) is 0.634. The van der Waals surface area contributed by atoms with Crippen LogP contribution in [-0.2, 0) is 0 Å². The summed E-state index contributed by atoms with van der Waals surface area (Å²) < 4.78 is 0. The second-order valence-corrected chi connectivity index (χ2v) is 2.16. The van der Waals surface area contributed by atoms with Crippen LogP contribution in [0, 0.1) is 0 Å². The Morgan fingerprint density at radius 2 is 2.27 bits per heavy atom. The van der Waals surface area contributed by atoms with E-state index in [1.165, 1.54) is 0 Å². The average molecular weight is 154 g/mol.